The predicted molar refractivity (Wildman–Crippen MR) is 101 cm³/mol. The highest BCUT2D eigenvalue weighted by Gasteiger charge is 2.31. The molecular formula is C19H16F2N2OS2. The van der Waals surface area contributed by atoms with Crippen molar-refractivity contribution in [3.63, 3.8) is 0 Å². The Hall–Kier alpha value is -2.09. The van der Waals surface area contributed by atoms with Crippen LogP contribution in [0, 0.1) is 11.6 Å². The molecule has 0 unspecified atom stereocenters. The first-order valence-corrected chi connectivity index (χ1v) is 9.96. The van der Waals surface area contributed by atoms with E-state index in [1.54, 1.807) is 22.7 Å². The SMILES string of the molecule is O=C(CN1CCc2sccc2[C@@H]1c1cccs1)Nc1ccc(F)c(F)c1. The number of hydrogen-bond donors (Lipinski definition) is 1. The van der Waals surface area contributed by atoms with Crippen molar-refractivity contribution in [2.45, 2.75) is 12.5 Å². The molecule has 1 atom stereocenters. The minimum atomic E-state index is -0.972. The minimum Gasteiger partial charge on any atom is -0.325 e. The Labute approximate surface area is 157 Å². The van der Waals surface area contributed by atoms with Gasteiger partial charge in [-0.3, -0.25) is 9.69 Å². The Balaban J connectivity index is 1.53. The second kappa shape index (κ2) is 7.26. The Kier molecular flexibility index (Phi) is 4.84. The van der Waals surface area contributed by atoms with E-state index >= 15 is 0 Å². The molecule has 0 saturated carbocycles. The zero-order valence-electron chi connectivity index (χ0n) is 13.7. The fourth-order valence-corrected chi connectivity index (χ4v) is 5.06. The van der Waals surface area contributed by atoms with Crippen molar-refractivity contribution in [2.75, 3.05) is 18.4 Å². The van der Waals surface area contributed by atoms with Gasteiger partial charge in [0.2, 0.25) is 5.91 Å². The van der Waals surface area contributed by atoms with Crippen molar-refractivity contribution in [2.24, 2.45) is 0 Å². The van der Waals surface area contributed by atoms with E-state index in [0.717, 1.165) is 25.1 Å². The summed E-state index contributed by atoms with van der Waals surface area (Å²) in [4.78, 5) is 17.2. The number of halogens is 2. The molecule has 0 aliphatic carbocycles. The highest BCUT2D eigenvalue weighted by molar-refractivity contribution is 7.10. The first-order valence-electron chi connectivity index (χ1n) is 8.20. The lowest BCUT2D eigenvalue weighted by atomic mass is 9.98. The number of benzene rings is 1. The summed E-state index contributed by atoms with van der Waals surface area (Å²) in [5.74, 6) is -2.14. The van der Waals surface area contributed by atoms with Crippen molar-refractivity contribution in [3.8, 4) is 0 Å². The molecule has 7 heteroatoms. The molecule has 26 heavy (non-hydrogen) atoms. The van der Waals surface area contributed by atoms with E-state index in [1.165, 1.54) is 21.4 Å². The fraction of sp³-hybridized carbons (Fsp3) is 0.211. The van der Waals surface area contributed by atoms with Gasteiger partial charge in [-0.05, 0) is 47.0 Å². The monoisotopic (exact) mass is 390 g/mol. The van der Waals surface area contributed by atoms with E-state index in [1.807, 2.05) is 11.4 Å². The van der Waals surface area contributed by atoms with Crippen LogP contribution in [0.25, 0.3) is 0 Å². The van der Waals surface area contributed by atoms with Crippen LogP contribution in [0.2, 0.25) is 0 Å². The van der Waals surface area contributed by atoms with Gasteiger partial charge < -0.3 is 5.32 Å². The third kappa shape index (κ3) is 3.42. The number of nitrogens with zero attached hydrogens (tertiary/aromatic N) is 1. The van der Waals surface area contributed by atoms with Gasteiger partial charge in [-0.25, -0.2) is 8.78 Å². The summed E-state index contributed by atoms with van der Waals surface area (Å²) in [6.45, 7) is 0.970. The van der Waals surface area contributed by atoms with Gasteiger partial charge in [0.15, 0.2) is 11.6 Å². The van der Waals surface area contributed by atoms with Crippen LogP contribution in [-0.4, -0.2) is 23.9 Å². The molecule has 3 nitrogen and oxygen atoms in total. The number of amides is 1. The summed E-state index contributed by atoms with van der Waals surface area (Å²) < 4.78 is 26.4. The Morgan fingerprint density at radius 3 is 2.81 bits per heavy atom. The van der Waals surface area contributed by atoms with Crippen LogP contribution >= 0.6 is 22.7 Å². The minimum absolute atomic E-state index is 0.0562. The van der Waals surface area contributed by atoms with Gasteiger partial charge in [-0.1, -0.05) is 6.07 Å². The molecule has 0 radical (unpaired) electrons. The maximum atomic E-state index is 13.3. The predicted octanol–water partition coefficient (Wildman–Crippen LogP) is 4.67. The third-order valence-corrected chi connectivity index (χ3v) is 6.35. The Morgan fingerprint density at radius 2 is 2.04 bits per heavy atom. The first kappa shape index (κ1) is 17.3. The van der Waals surface area contributed by atoms with Crippen molar-refractivity contribution in [1.82, 2.24) is 4.90 Å². The van der Waals surface area contributed by atoms with Gasteiger partial charge in [-0.15, -0.1) is 22.7 Å². The maximum absolute atomic E-state index is 13.3. The first-order chi connectivity index (χ1) is 12.6. The van der Waals surface area contributed by atoms with E-state index in [9.17, 15) is 13.6 Å². The average Bonchev–Trinajstić information content (AvgIpc) is 3.29. The molecule has 1 amide bonds. The summed E-state index contributed by atoms with van der Waals surface area (Å²) in [7, 11) is 0. The summed E-state index contributed by atoms with van der Waals surface area (Å²) in [6, 6.07) is 9.66. The largest absolute Gasteiger partial charge is 0.325 e. The van der Waals surface area contributed by atoms with Crippen LogP contribution in [0.3, 0.4) is 0 Å². The van der Waals surface area contributed by atoms with Crippen molar-refractivity contribution >= 4 is 34.3 Å². The number of nitrogens with one attached hydrogen (secondary N) is 1. The average molecular weight is 390 g/mol. The van der Waals surface area contributed by atoms with E-state index in [-0.39, 0.29) is 24.2 Å². The molecule has 1 aliphatic rings. The molecule has 1 aliphatic heterocycles. The molecule has 2 aromatic heterocycles. The number of anilines is 1. The molecule has 0 fully saturated rings. The number of hydrogen-bond acceptors (Lipinski definition) is 4. The van der Waals surface area contributed by atoms with Crippen molar-refractivity contribution in [1.29, 1.82) is 0 Å². The van der Waals surface area contributed by atoms with Crippen LogP contribution < -0.4 is 5.32 Å². The van der Waals surface area contributed by atoms with Crippen LogP contribution in [0.1, 0.15) is 21.4 Å². The number of fused-ring (bicyclic) bond motifs is 1. The van der Waals surface area contributed by atoms with E-state index in [0.29, 0.717) is 0 Å². The zero-order valence-corrected chi connectivity index (χ0v) is 15.4. The number of carbonyl (C=O) groups is 1. The Bertz CT molecular complexity index is 924. The summed E-state index contributed by atoms with van der Waals surface area (Å²) in [5, 5.41) is 6.79. The summed E-state index contributed by atoms with van der Waals surface area (Å²) in [6.07, 6.45) is 0.910. The molecule has 0 saturated heterocycles. The highest BCUT2D eigenvalue weighted by atomic mass is 32.1. The van der Waals surface area contributed by atoms with Crippen LogP contribution in [-0.2, 0) is 11.2 Å². The van der Waals surface area contributed by atoms with Crippen LogP contribution in [0.4, 0.5) is 14.5 Å². The lowest BCUT2D eigenvalue weighted by molar-refractivity contribution is -0.117. The van der Waals surface area contributed by atoms with Gasteiger partial charge >= 0.3 is 0 Å². The molecule has 3 aromatic rings. The lowest BCUT2D eigenvalue weighted by Crippen LogP contribution is -2.40. The fourth-order valence-electron chi connectivity index (χ4n) is 3.28. The summed E-state index contributed by atoms with van der Waals surface area (Å²) >= 11 is 3.43. The van der Waals surface area contributed by atoms with Gasteiger partial charge in [0.05, 0.1) is 12.6 Å². The molecule has 0 spiro atoms. The quantitative estimate of drug-likeness (QED) is 0.702. The molecular weight excluding hydrogens is 374 g/mol. The molecule has 4 rings (SSSR count). The molecule has 1 N–H and O–H groups in total. The standard InChI is InChI=1S/C19H16F2N2OS2/c20-14-4-3-12(10-15(14)21)22-18(24)11-23-7-5-16-13(6-9-26-16)19(23)17-2-1-8-25-17/h1-4,6,8-10,19H,5,7,11H2,(H,22,24)/t19-/m1/s1. The Morgan fingerprint density at radius 1 is 1.15 bits per heavy atom. The van der Waals surface area contributed by atoms with Crippen LogP contribution in [0.5, 0.6) is 0 Å². The highest BCUT2D eigenvalue weighted by Crippen LogP contribution is 2.39. The normalized spacial score (nSPS) is 17.1. The maximum Gasteiger partial charge on any atom is 0.238 e. The number of thiophene rings is 2. The lowest BCUT2D eigenvalue weighted by Gasteiger charge is -2.34. The van der Waals surface area contributed by atoms with Gasteiger partial charge in [0.1, 0.15) is 0 Å². The van der Waals surface area contributed by atoms with Crippen LogP contribution in [0.15, 0.2) is 47.2 Å². The molecule has 134 valence electrons. The zero-order chi connectivity index (χ0) is 18.1. The van der Waals surface area contributed by atoms with Gasteiger partial charge in [-0.2, -0.15) is 0 Å². The second-order valence-electron chi connectivity index (χ2n) is 6.11. The van der Waals surface area contributed by atoms with Gasteiger partial charge in [0, 0.05) is 28.1 Å². The van der Waals surface area contributed by atoms with E-state index < -0.39 is 11.6 Å². The topological polar surface area (TPSA) is 32.3 Å². The summed E-state index contributed by atoms with van der Waals surface area (Å²) in [5.41, 5.74) is 1.51. The van der Waals surface area contributed by atoms with E-state index in [4.69, 9.17) is 0 Å². The van der Waals surface area contributed by atoms with Gasteiger partial charge in [0.25, 0.3) is 0 Å². The van der Waals surface area contributed by atoms with Crippen molar-refractivity contribution < 1.29 is 13.6 Å². The second-order valence-corrected chi connectivity index (χ2v) is 8.09. The number of rotatable bonds is 4. The molecule has 0 bridgehead atoms. The molecule has 3 heterocycles. The van der Waals surface area contributed by atoms with Crippen molar-refractivity contribution in [3.05, 3.63) is 74.1 Å². The number of carbonyl (C=O) groups excluding carboxylic acids is 1. The molecule has 1 aromatic carbocycles. The smallest absolute Gasteiger partial charge is 0.238 e. The van der Waals surface area contributed by atoms with E-state index in [2.05, 4.69) is 27.7 Å². The third-order valence-electron chi connectivity index (χ3n) is 4.43.